The zero-order chi connectivity index (χ0) is 16.6. The molecule has 0 radical (unpaired) electrons. The van der Waals surface area contributed by atoms with E-state index in [2.05, 4.69) is 119 Å². The monoisotopic (exact) mass is 574 g/mol. The summed E-state index contributed by atoms with van der Waals surface area (Å²) in [5.74, 6) is 0. The SMILES string of the molecule is Sc1cc(-c2cc(Br)cc(Br)c2)cc(-c2cc(Br)cc(Br)c2)c1. The van der Waals surface area contributed by atoms with Crippen molar-refractivity contribution in [3.05, 3.63) is 72.5 Å². The van der Waals surface area contributed by atoms with Gasteiger partial charge in [-0.25, -0.2) is 0 Å². The van der Waals surface area contributed by atoms with Crippen LogP contribution < -0.4 is 0 Å². The third-order valence-corrected chi connectivity index (χ3v) is 5.40. The standard InChI is InChI=1S/C18H10Br4S/c19-14-2-12(3-15(20)8-14)10-1-11(7-18(23)6-10)13-4-16(21)9-17(22)5-13/h1-9,23H. The van der Waals surface area contributed by atoms with E-state index in [-0.39, 0.29) is 0 Å². The van der Waals surface area contributed by atoms with Crippen LogP contribution in [0.4, 0.5) is 0 Å². The quantitative estimate of drug-likeness (QED) is 0.291. The Hall–Kier alpha value is -0.0700. The molecule has 0 spiro atoms. The predicted molar refractivity (Wildman–Crippen MR) is 115 cm³/mol. The lowest BCUT2D eigenvalue weighted by Crippen LogP contribution is -1.84. The van der Waals surface area contributed by atoms with E-state index in [0.29, 0.717) is 0 Å². The van der Waals surface area contributed by atoms with Gasteiger partial charge in [-0.05, 0) is 76.9 Å². The van der Waals surface area contributed by atoms with Gasteiger partial charge >= 0.3 is 0 Å². The van der Waals surface area contributed by atoms with Crippen molar-refractivity contribution in [3.8, 4) is 22.3 Å². The fourth-order valence-corrected chi connectivity index (χ4v) is 5.25. The molecule has 0 N–H and O–H groups in total. The van der Waals surface area contributed by atoms with Gasteiger partial charge in [-0.3, -0.25) is 0 Å². The number of thiol groups is 1. The molecule has 0 aromatic heterocycles. The van der Waals surface area contributed by atoms with Crippen molar-refractivity contribution in [1.29, 1.82) is 0 Å². The average Bonchev–Trinajstić information content (AvgIpc) is 2.44. The minimum Gasteiger partial charge on any atom is -0.143 e. The van der Waals surface area contributed by atoms with Crippen molar-refractivity contribution in [3.63, 3.8) is 0 Å². The van der Waals surface area contributed by atoms with Gasteiger partial charge in [0.15, 0.2) is 0 Å². The average molecular weight is 578 g/mol. The Balaban J connectivity index is 2.16. The van der Waals surface area contributed by atoms with Gasteiger partial charge in [-0.2, -0.15) is 0 Å². The predicted octanol–water partition coefficient (Wildman–Crippen LogP) is 8.36. The third kappa shape index (κ3) is 4.51. The number of rotatable bonds is 2. The maximum absolute atomic E-state index is 4.58. The van der Waals surface area contributed by atoms with Crippen LogP contribution in [-0.4, -0.2) is 0 Å². The summed E-state index contributed by atoms with van der Waals surface area (Å²) in [6.07, 6.45) is 0. The van der Waals surface area contributed by atoms with Crippen LogP contribution in [0, 0.1) is 0 Å². The van der Waals surface area contributed by atoms with E-state index >= 15 is 0 Å². The molecule has 0 heterocycles. The molecule has 0 unspecified atom stereocenters. The molecular formula is C18H10Br4S. The topological polar surface area (TPSA) is 0 Å². The van der Waals surface area contributed by atoms with Crippen molar-refractivity contribution < 1.29 is 0 Å². The fourth-order valence-electron chi connectivity index (χ4n) is 2.39. The summed E-state index contributed by atoms with van der Waals surface area (Å²) >= 11 is 18.8. The smallest absolute Gasteiger partial charge is 0.0192 e. The summed E-state index contributed by atoms with van der Waals surface area (Å²) in [6.45, 7) is 0. The molecule has 3 rings (SSSR count). The Morgan fingerprint density at radius 2 is 0.739 bits per heavy atom. The highest BCUT2D eigenvalue weighted by Crippen LogP contribution is 2.34. The highest BCUT2D eigenvalue weighted by atomic mass is 79.9. The highest BCUT2D eigenvalue weighted by molar-refractivity contribution is 9.11. The molecule has 0 aliphatic carbocycles. The molecular weight excluding hydrogens is 568 g/mol. The molecule has 0 fully saturated rings. The van der Waals surface area contributed by atoms with Crippen LogP contribution in [0.5, 0.6) is 0 Å². The van der Waals surface area contributed by atoms with E-state index in [1.54, 1.807) is 0 Å². The molecule has 3 aromatic carbocycles. The van der Waals surface area contributed by atoms with Gasteiger partial charge in [-0.1, -0.05) is 63.7 Å². The summed E-state index contributed by atoms with van der Waals surface area (Å²) in [6, 6.07) is 18.8. The lowest BCUT2D eigenvalue weighted by atomic mass is 9.99. The first-order valence-corrected chi connectivity index (χ1v) is 10.3. The Labute approximate surface area is 174 Å². The number of hydrogen-bond acceptors (Lipinski definition) is 1. The molecule has 0 bridgehead atoms. The van der Waals surface area contributed by atoms with Crippen LogP contribution in [0.3, 0.4) is 0 Å². The number of halogens is 4. The summed E-state index contributed by atoms with van der Waals surface area (Å²) in [7, 11) is 0. The lowest BCUT2D eigenvalue weighted by Gasteiger charge is -2.10. The second-order valence-electron chi connectivity index (χ2n) is 5.08. The fraction of sp³-hybridized carbons (Fsp3) is 0. The van der Waals surface area contributed by atoms with E-state index in [1.165, 1.54) is 0 Å². The first-order chi connectivity index (χ1) is 10.9. The molecule has 3 aromatic rings. The molecule has 0 nitrogen and oxygen atoms in total. The zero-order valence-electron chi connectivity index (χ0n) is 11.7. The Bertz CT molecular complexity index is 780. The summed E-state index contributed by atoms with van der Waals surface area (Å²) < 4.78 is 4.16. The van der Waals surface area contributed by atoms with Crippen molar-refractivity contribution >= 4 is 76.3 Å². The van der Waals surface area contributed by atoms with Crippen molar-refractivity contribution in [2.75, 3.05) is 0 Å². The van der Waals surface area contributed by atoms with Crippen LogP contribution in [0.15, 0.2) is 77.4 Å². The van der Waals surface area contributed by atoms with E-state index in [1.807, 2.05) is 12.1 Å². The Kier molecular flexibility index (Phi) is 5.74. The first kappa shape index (κ1) is 17.7. The Morgan fingerprint density at radius 3 is 1.09 bits per heavy atom. The van der Waals surface area contributed by atoms with Gasteiger partial charge in [0, 0.05) is 22.8 Å². The highest BCUT2D eigenvalue weighted by Gasteiger charge is 2.07. The molecule has 0 atom stereocenters. The largest absolute Gasteiger partial charge is 0.143 e. The summed E-state index contributed by atoms with van der Waals surface area (Å²) in [4.78, 5) is 0.935. The second kappa shape index (κ2) is 7.44. The summed E-state index contributed by atoms with van der Waals surface area (Å²) in [5.41, 5.74) is 4.53. The molecule has 116 valence electrons. The van der Waals surface area contributed by atoms with Crippen LogP contribution in [0.1, 0.15) is 0 Å². The van der Waals surface area contributed by atoms with E-state index < -0.39 is 0 Å². The van der Waals surface area contributed by atoms with E-state index in [0.717, 1.165) is 45.0 Å². The van der Waals surface area contributed by atoms with Crippen LogP contribution in [0.2, 0.25) is 0 Å². The summed E-state index contributed by atoms with van der Waals surface area (Å²) in [5, 5.41) is 0. The van der Waals surface area contributed by atoms with Gasteiger partial charge in [0.1, 0.15) is 0 Å². The van der Waals surface area contributed by atoms with Gasteiger partial charge < -0.3 is 0 Å². The second-order valence-corrected chi connectivity index (χ2v) is 9.26. The van der Waals surface area contributed by atoms with Crippen molar-refractivity contribution in [2.24, 2.45) is 0 Å². The molecule has 23 heavy (non-hydrogen) atoms. The van der Waals surface area contributed by atoms with Gasteiger partial charge in [0.2, 0.25) is 0 Å². The maximum atomic E-state index is 4.58. The zero-order valence-corrected chi connectivity index (χ0v) is 18.9. The maximum Gasteiger partial charge on any atom is 0.0192 e. The number of benzene rings is 3. The lowest BCUT2D eigenvalue weighted by molar-refractivity contribution is 1.44. The molecule has 0 amide bonds. The molecule has 5 heteroatoms. The molecule has 0 aliphatic heterocycles. The van der Waals surface area contributed by atoms with Crippen molar-refractivity contribution in [1.82, 2.24) is 0 Å². The van der Waals surface area contributed by atoms with E-state index in [9.17, 15) is 0 Å². The van der Waals surface area contributed by atoms with Crippen molar-refractivity contribution in [2.45, 2.75) is 4.90 Å². The minimum atomic E-state index is 0.935. The normalized spacial score (nSPS) is 10.8. The minimum absolute atomic E-state index is 0.935. The third-order valence-electron chi connectivity index (χ3n) is 3.31. The first-order valence-electron chi connectivity index (χ1n) is 6.68. The molecule has 0 saturated heterocycles. The molecule has 0 aliphatic rings. The van der Waals surface area contributed by atoms with Crippen LogP contribution in [-0.2, 0) is 0 Å². The van der Waals surface area contributed by atoms with Crippen LogP contribution in [0.25, 0.3) is 22.3 Å². The molecule has 0 saturated carbocycles. The van der Waals surface area contributed by atoms with Gasteiger partial charge in [0.25, 0.3) is 0 Å². The van der Waals surface area contributed by atoms with E-state index in [4.69, 9.17) is 0 Å². The van der Waals surface area contributed by atoms with Gasteiger partial charge in [0.05, 0.1) is 0 Å². The van der Waals surface area contributed by atoms with Gasteiger partial charge in [-0.15, -0.1) is 12.6 Å². The van der Waals surface area contributed by atoms with Crippen LogP contribution >= 0.6 is 76.3 Å². The number of hydrogen-bond donors (Lipinski definition) is 1. The Morgan fingerprint density at radius 1 is 0.435 bits per heavy atom.